The first-order valence-corrected chi connectivity index (χ1v) is 7.15. The molecule has 1 heterocycles. The van der Waals surface area contributed by atoms with Crippen molar-refractivity contribution in [2.75, 3.05) is 6.54 Å². The van der Waals surface area contributed by atoms with Gasteiger partial charge in [0.1, 0.15) is 5.82 Å². The first-order valence-electron chi connectivity index (χ1n) is 6.27. The molecule has 102 valence electrons. The first-order chi connectivity index (χ1) is 9.20. The molecule has 0 spiro atoms. The number of benzene rings is 1. The van der Waals surface area contributed by atoms with E-state index in [9.17, 15) is 9.50 Å². The highest BCUT2D eigenvalue weighted by Crippen LogP contribution is 2.16. The molecule has 0 aliphatic rings. The van der Waals surface area contributed by atoms with Crippen LogP contribution in [0.3, 0.4) is 0 Å². The zero-order chi connectivity index (χ0) is 13.7. The van der Waals surface area contributed by atoms with E-state index in [0.29, 0.717) is 18.7 Å². The van der Waals surface area contributed by atoms with Crippen LogP contribution in [0.5, 0.6) is 0 Å². The Balaban J connectivity index is 1.84. The standard InChI is InChI=1S/C14H17FN2OS/c1-2-14-17-10(9-19-14)7-16-8-13(18)11-5-3-4-6-12(11)15/h3-6,9,13,16,18H,2,7-8H2,1H3. The number of aliphatic hydroxyl groups excluding tert-OH is 1. The lowest BCUT2D eigenvalue weighted by Gasteiger charge is -2.12. The Labute approximate surface area is 116 Å². The lowest BCUT2D eigenvalue weighted by molar-refractivity contribution is 0.169. The fourth-order valence-electron chi connectivity index (χ4n) is 1.78. The second kappa shape index (κ2) is 6.75. The average Bonchev–Trinajstić information content (AvgIpc) is 2.87. The quantitative estimate of drug-likeness (QED) is 0.855. The maximum absolute atomic E-state index is 13.4. The fourth-order valence-corrected chi connectivity index (χ4v) is 2.53. The van der Waals surface area contributed by atoms with Gasteiger partial charge < -0.3 is 10.4 Å². The molecule has 0 bridgehead atoms. The molecule has 0 saturated carbocycles. The number of thiazole rings is 1. The van der Waals surface area contributed by atoms with Gasteiger partial charge in [0.15, 0.2) is 0 Å². The third-order valence-corrected chi connectivity index (χ3v) is 3.85. The highest BCUT2D eigenvalue weighted by atomic mass is 32.1. The summed E-state index contributed by atoms with van der Waals surface area (Å²) in [6, 6.07) is 6.28. The average molecular weight is 280 g/mol. The van der Waals surface area contributed by atoms with Gasteiger partial charge in [-0.3, -0.25) is 0 Å². The van der Waals surface area contributed by atoms with E-state index in [1.165, 1.54) is 6.07 Å². The molecule has 1 unspecified atom stereocenters. The van der Waals surface area contributed by atoms with E-state index in [2.05, 4.69) is 17.2 Å². The molecule has 0 saturated heterocycles. The molecule has 2 aromatic rings. The van der Waals surface area contributed by atoms with Crippen molar-refractivity contribution >= 4 is 11.3 Å². The number of rotatable bonds is 6. The monoisotopic (exact) mass is 280 g/mol. The molecule has 19 heavy (non-hydrogen) atoms. The van der Waals surface area contributed by atoms with Gasteiger partial charge in [-0.05, 0) is 12.5 Å². The molecule has 5 heteroatoms. The molecule has 1 atom stereocenters. The third kappa shape index (κ3) is 3.83. The van der Waals surface area contributed by atoms with Crippen LogP contribution in [-0.2, 0) is 13.0 Å². The van der Waals surface area contributed by atoms with Crippen LogP contribution < -0.4 is 5.32 Å². The van der Waals surface area contributed by atoms with Crippen LogP contribution in [0, 0.1) is 5.82 Å². The van der Waals surface area contributed by atoms with E-state index in [-0.39, 0.29) is 5.82 Å². The van der Waals surface area contributed by atoms with Gasteiger partial charge in [0.2, 0.25) is 0 Å². The van der Waals surface area contributed by atoms with Gasteiger partial charge in [0.05, 0.1) is 16.8 Å². The van der Waals surface area contributed by atoms with Crippen LogP contribution in [0.1, 0.15) is 29.3 Å². The predicted octanol–water partition coefficient (Wildman–Crippen LogP) is 2.67. The summed E-state index contributed by atoms with van der Waals surface area (Å²) >= 11 is 1.63. The maximum Gasteiger partial charge on any atom is 0.129 e. The summed E-state index contributed by atoms with van der Waals surface area (Å²) in [6.07, 6.45) is 0.0909. The van der Waals surface area contributed by atoms with Gasteiger partial charge in [-0.15, -0.1) is 11.3 Å². The molecule has 1 aromatic carbocycles. The third-order valence-electron chi connectivity index (χ3n) is 2.81. The SMILES string of the molecule is CCc1nc(CNCC(O)c2ccccc2F)cs1. The fraction of sp³-hybridized carbons (Fsp3) is 0.357. The summed E-state index contributed by atoms with van der Waals surface area (Å²) in [6.45, 7) is 2.96. The lowest BCUT2D eigenvalue weighted by Crippen LogP contribution is -2.21. The van der Waals surface area contributed by atoms with Crippen molar-refractivity contribution in [1.29, 1.82) is 0 Å². The normalized spacial score (nSPS) is 12.6. The van der Waals surface area contributed by atoms with Crippen LogP contribution in [0.4, 0.5) is 4.39 Å². The van der Waals surface area contributed by atoms with Crippen LogP contribution in [-0.4, -0.2) is 16.6 Å². The molecule has 0 aliphatic carbocycles. The van der Waals surface area contributed by atoms with Crippen LogP contribution in [0.2, 0.25) is 0 Å². The van der Waals surface area contributed by atoms with Gasteiger partial charge in [0.25, 0.3) is 0 Å². The summed E-state index contributed by atoms with van der Waals surface area (Å²) in [5, 5.41) is 16.1. The Kier molecular flexibility index (Phi) is 5.01. The van der Waals surface area contributed by atoms with E-state index in [4.69, 9.17) is 0 Å². The van der Waals surface area contributed by atoms with Crippen LogP contribution >= 0.6 is 11.3 Å². The van der Waals surface area contributed by atoms with E-state index < -0.39 is 6.10 Å². The van der Waals surface area contributed by atoms with E-state index in [1.54, 1.807) is 29.5 Å². The van der Waals surface area contributed by atoms with Crippen LogP contribution in [0.25, 0.3) is 0 Å². The minimum atomic E-state index is -0.842. The Hall–Kier alpha value is -1.30. The number of halogens is 1. The smallest absolute Gasteiger partial charge is 0.129 e. The van der Waals surface area contributed by atoms with E-state index >= 15 is 0 Å². The largest absolute Gasteiger partial charge is 0.387 e. The minimum Gasteiger partial charge on any atom is -0.387 e. The van der Waals surface area contributed by atoms with E-state index in [0.717, 1.165) is 17.1 Å². The molecule has 2 rings (SSSR count). The van der Waals surface area contributed by atoms with Crippen molar-refractivity contribution in [1.82, 2.24) is 10.3 Å². The van der Waals surface area contributed by atoms with Gasteiger partial charge in [-0.2, -0.15) is 0 Å². The molecule has 0 fully saturated rings. The molecule has 1 aromatic heterocycles. The molecular weight excluding hydrogens is 263 g/mol. The summed E-state index contributed by atoms with van der Waals surface area (Å²) < 4.78 is 13.4. The maximum atomic E-state index is 13.4. The zero-order valence-electron chi connectivity index (χ0n) is 10.8. The molecular formula is C14H17FN2OS. The molecule has 2 N–H and O–H groups in total. The van der Waals surface area contributed by atoms with Crippen molar-refractivity contribution in [2.24, 2.45) is 0 Å². The van der Waals surface area contributed by atoms with Crippen molar-refractivity contribution in [3.63, 3.8) is 0 Å². The van der Waals surface area contributed by atoms with E-state index in [1.807, 2.05) is 5.38 Å². The predicted molar refractivity (Wildman–Crippen MR) is 74.6 cm³/mol. The number of hydrogen-bond acceptors (Lipinski definition) is 4. The number of nitrogens with one attached hydrogen (secondary N) is 1. The van der Waals surface area contributed by atoms with Gasteiger partial charge in [-0.1, -0.05) is 25.1 Å². The first kappa shape index (κ1) is 14.1. The Morgan fingerprint density at radius 1 is 1.42 bits per heavy atom. The number of nitrogens with zero attached hydrogens (tertiary/aromatic N) is 1. The molecule has 0 aliphatic heterocycles. The highest BCUT2D eigenvalue weighted by Gasteiger charge is 2.11. The summed E-state index contributed by atoms with van der Waals surface area (Å²) in [7, 11) is 0. The van der Waals surface area contributed by atoms with Crippen molar-refractivity contribution < 1.29 is 9.50 Å². The second-order valence-corrected chi connectivity index (χ2v) is 5.20. The summed E-state index contributed by atoms with van der Waals surface area (Å²) in [4.78, 5) is 4.42. The number of aromatic nitrogens is 1. The topological polar surface area (TPSA) is 45.2 Å². The Morgan fingerprint density at radius 2 is 2.21 bits per heavy atom. The van der Waals surface area contributed by atoms with Crippen molar-refractivity contribution in [3.8, 4) is 0 Å². The number of aliphatic hydroxyl groups is 1. The number of aryl methyl sites for hydroxylation is 1. The Morgan fingerprint density at radius 3 is 2.89 bits per heavy atom. The molecule has 0 radical (unpaired) electrons. The summed E-state index contributed by atoms with van der Waals surface area (Å²) in [5.74, 6) is -0.376. The van der Waals surface area contributed by atoms with Crippen molar-refractivity contribution in [3.05, 3.63) is 51.7 Å². The summed E-state index contributed by atoms with van der Waals surface area (Å²) in [5.41, 5.74) is 1.28. The Bertz CT molecular complexity index is 530. The highest BCUT2D eigenvalue weighted by molar-refractivity contribution is 7.09. The molecule has 3 nitrogen and oxygen atoms in total. The minimum absolute atomic E-state index is 0.305. The van der Waals surface area contributed by atoms with Gasteiger partial charge in [-0.25, -0.2) is 9.37 Å². The van der Waals surface area contributed by atoms with Crippen LogP contribution in [0.15, 0.2) is 29.6 Å². The molecule has 0 amide bonds. The van der Waals surface area contributed by atoms with Gasteiger partial charge >= 0.3 is 0 Å². The second-order valence-electron chi connectivity index (χ2n) is 4.25. The van der Waals surface area contributed by atoms with Crippen molar-refractivity contribution in [2.45, 2.75) is 26.0 Å². The lowest BCUT2D eigenvalue weighted by atomic mass is 10.1. The van der Waals surface area contributed by atoms with Gasteiger partial charge in [0, 0.05) is 24.0 Å². The number of hydrogen-bond donors (Lipinski definition) is 2. The zero-order valence-corrected chi connectivity index (χ0v) is 11.6.